The minimum atomic E-state index is 0.740. The molecule has 2 rings (SSSR count). The van der Waals surface area contributed by atoms with Crippen LogP contribution in [0.2, 0.25) is 0 Å². The lowest BCUT2D eigenvalue weighted by atomic mass is 10.1. The maximum atomic E-state index is 2.76. The van der Waals surface area contributed by atoms with Gasteiger partial charge in [0.2, 0.25) is 0 Å². The Morgan fingerprint density at radius 2 is 1.53 bits per heavy atom. The zero-order chi connectivity index (χ0) is 11.0. The van der Waals surface area contributed by atoms with Crippen LogP contribution in [0.5, 0.6) is 0 Å². The van der Waals surface area contributed by atoms with Crippen molar-refractivity contribution < 1.29 is 0 Å². The molecule has 2 aliphatic rings. The van der Waals surface area contributed by atoms with Crippen LogP contribution in [0.4, 0.5) is 0 Å². The molecule has 0 N–H and O–H groups in total. The molecular formula is C13H26N2. The molecule has 0 aromatic heterocycles. The summed E-state index contributed by atoms with van der Waals surface area (Å²) in [5.74, 6) is 0.815. The van der Waals surface area contributed by atoms with Crippen LogP contribution in [-0.2, 0) is 0 Å². The van der Waals surface area contributed by atoms with Crippen LogP contribution in [-0.4, -0.2) is 47.6 Å². The fourth-order valence-electron chi connectivity index (χ4n) is 3.53. The average Bonchev–Trinajstić information content (AvgIpc) is 2.38. The van der Waals surface area contributed by atoms with Crippen LogP contribution < -0.4 is 0 Å². The van der Waals surface area contributed by atoms with Gasteiger partial charge in [0.05, 0.1) is 0 Å². The standard InChI is InChI=1S/C13H26N2/c1-10(2)7-14-8-12-5-6-13(9-14)15(12)11(3)4/h10-13H,5-9H2,1-4H3. The van der Waals surface area contributed by atoms with E-state index in [0.29, 0.717) is 0 Å². The predicted octanol–water partition coefficient (Wildman–Crippen LogP) is 2.20. The van der Waals surface area contributed by atoms with Gasteiger partial charge in [0, 0.05) is 37.8 Å². The first kappa shape index (κ1) is 11.4. The van der Waals surface area contributed by atoms with E-state index in [1.807, 2.05) is 0 Å². The van der Waals surface area contributed by atoms with Crippen LogP contribution in [0.3, 0.4) is 0 Å². The smallest absolute Gasteiger partial charge is 0.0229 e. The Balaban J connectivity index is 1.96. The van der Waals surface area contributed by atoms with Gasteiger partial charge in [-0.1, -0.05) is 13.8 Å². The van der Waals surface area contributed by atoms with Gasteiger partial charge in [-0.25, -0.2) is 0 Å². The monoisotopic (exact) mass is 210 g/mol. The summed E-state index contributed by atoms with van der Waals surface area (Å²) in [7, 11) is 0. The number of fused-ring (bicyclic) bond motifs is 2. The summed E-state index contributed by atoms with van der Waals surface area (Å²) < 4.78 is 0. The van der Waals surface area contributed by atoms with Crippen LogP contribution in [0.25, 0.3) is 0 Å². The van der Waals surface area contributed by atoms with Gasteiger partial charge in [-0.2, -0.15) is 0 Å². The molecule has 0 aliphatic carbocycles. The SMILES string of the molecule is CC(C)CN1CC2CCC(C1)N2C(C)C. The van der Waals surface area contributed by atoms with E-state index in [0.717, 1.165) is 24.0 Å². The summed E-state index contributed by atoms with van der Waals surface area (Å²) in [4.78, 5) is 5.45. The normalized spacial score (nSPS) is 33.2. The molecule has 0 radical (unpaired) electrons. The van der Waals surface area contributed by atoms with Gasteiger partial charge < -0.3 is 0 Å². The fraction of sp³-hybridized carbons (Fsp3) is 1.00. The van der Waals surface area contributed by atoms with Crippen LogP contribution >= 0.6 is 0 Å². The molecule has 15 heavy (non-hydrogen) atoms. The average molecular weight is 210 g/mol. The van der Waals surface area contributed by atoms with Crippen molar-refractivity contribution in [2.24, 2.45) is 5.92 Å². The summed E-state index contributed by atoms with van der Waals surface area (Å²) >= 11 is 0. The first-order chi connectivity index (χ1) is 7.08. The van der Waals surface area contributed by atoms with Gasteiger partial charge in [0.25, 0.3) is 0 Å². The second kappa shape index (κ2) is 4.42. The lowest BCUT2D eigenvalue weighted by molar-refractivity contribution is 0.0386. The third-order valence-corrected chi connectivity index (χ3v) is 3.83. The molecule has 0 spiro atoms. The summed E-state index contributed by atoms with van der Waals surface area (Å²) in [6.45, 7) is 13.3. The van der Waals surface area contributed by atoms with E-state index in [2.05, 4.69) is 37.5 Å². The molecule has 2 unspecified atom stereocenters. The van der Waals surface area contributed by atoms with Crippen molar-refractivity contribution in [2.45, 2.75) is 58.7 Å². The van der Waals surface area contributed by atoms with Gasteiger partial charge >= 0.3 is 0 Å². The quantitative estimate of drug-likeness (QED) is 0.704. The molecule has 2 aliphatic heterocycles. The fourth-order valence-corrected chi connectivity index (χ4v) is 3.53. The van der Waals surface area contributed by atoms with E-state index in [-0.39, 0.29) is 0 Å². The Kier molecular flexibility index (Phi) is 3.36. The molecule has 2 atom stereocenters. The van der Waals surface area contributed by atoms with Crippen molar-refractivity contribution in [3.63, 3.8) is 0 Å². The van der Waals surface area contributed by atoms with Crippen molar-refractivity contribution >= 4 is 0 Å². The van der Waals surface area contributed by atoms with Crippen molar-refractivity contribution in [3.8, 4) is 0 Å². The highest BCUT2D eigenvalue weighted by molar-refractivity contribution is 4.97. The molecule has 0 aromatic rings. The highest BCUT2D eigenvalue weighted by atomic mass is 15.3. The summed E-state index contributed by atoms with van der Waals surface area (Å²) in [6, 6.07) is 2.44. The topological polar surface area (TPSA) is 6.48 Å². The number of hydrogen-bond acceptors (Lipinski definition) is 2. The zero-order valence-electron chi connectivity index (χ0n) is 10.7. The molecule has 2 heterocycles. The molecule has 2 saturated heterocycles. The summed E-state index contributed by atoms with van der Waals surface area (Å²) in [5, 5.41) is 0. The molecule has 0 amide bonds. The van der Waals surface area contributed by atoms with Crippen molar-refractivity contribution in [2.75, 3.05) is 19.6 Å². The third-order valence-electron chi connectivity index (χ3n) is 3.83. The second-order valence-corrected chi connectivity index (χ2v) is 6.04. The number of hydrogen-bond donors (Lipinski definition) is 0. The summed E-state index contributed by atoms with van der Waals surface area (Å²) in [5.41, 5.74) is 0. The van der Waals surface area contributed by atoms with Gasteiger partial charge in [-0.05, 0) is 32.6 Å². The number of nitrogens with zero attached hydrogens (tertiary/aromatic N) is 2. The zero-order valence-corrected chi connectivity index (χ0v) is 10.7. The minimum absolute atomic E-state index is 0.740. The molecule has 0 aromatic carbocycles. The number of likely N-dealkylation sites (tertiary alicyclic amines) is 1. The van der Waals surface area contributed by atoms with Gasteiger partial charge in [-0.15, -0.1) is 0 Å². The minimum Gasteiger partial charge on any atom is -0.300 e. The molecule has 0 saturated carbocycles. The predicted molar refractivity (Wildman–Crippen MR) is 65.1 cm³/mol. The maximum Gasteiger partial charge on any atom is 0.0229 e. The van der Waals surface area contributed by atoms with Crippen LogP contribution in [0.15, 0.2) is 0 Å². The third kappa shape index (κ3) is 2.36. The van der Waals surface area contributed by atoms with Crippen LogP contribution in [0, 0.1) is 5.92 Å². The lowest BCUT2D eigenvalue weighted by Gasteiger charge is -2.43. The molecule has 2 bridgehead atoms. The molecule has 2 nitrogen and oxygen atoms in total. The molecule has 2 fully saturated rings. The van der Waals surface area contributed by atoms with E-state index >= 15 is 0 Å². The maximum absolute atomic E-state index is 2.76. The first-order valence-electron chi connectivity index (χ1n) is 6.57. The van der Waals surface area contributed by atoms with E-state index < -0.39 is 0 Å². The highest BCUT2D eigenvalue weighted by Crippen LogP contribution is 2.31. The van der Waals surface area contributed by atoms with Crippen molar-refractivity contribution in [3.05, 3.63) is 0 Å². The Hall–Kier alpha value is -0.0800. The Morgan fingerprint density at radius 1 is 1.00 bits per heavy atom. The van der Waals surface area contributed by atoms with Crippen LogP contribution in [0.1, 0.15) is 40.5 Å². The largest absolute Gasteiger partial charge is 0.300 e. The van der Waals surface area contributed by atoms with Crippen molar-refractivity contribution in [1.82, 2.24) is 9.80 Å². The Labute approximate surface area is 94.6 Å². The van der Waals surface area contributed by atoms with E-state index in [4.69, 9.17) is 0 Å². The highest BCUT2D eigenvalue weighted by Gasteiger charge is 2.40. The molecule has 2 heteroatoms. The van der Waals surface area contributed by atoms with Gasteiger partial charge in [0.15, 0.2) is 0 Å². The molecule has 88 valence electrons. The number of piperazine rings is 1. The summed E-state index contributed by atoms with van der Waals surface area (Å²) in [6.07, 6.45) is 2.86. The first-order valence-corrected chi connectivity index (χ1v) is 6.57. The number of rotatable bonds is 3. The van der Waals surface area contributed by atoms with E-state index in [1.54, 1.807) is 0 Å². The van der Waals surface area contributed by atoms with Gasteiger partial charge in [-0.3, -0.25) is 9.80 Å². The van der Waals surface area contributed by atoms with Crippen molar-refractivity contribution in [1.29, 1.82) is 0 Å². The van der Waals surface area contributed by atoms with Gasteiger partial charge in [0.1, 0.15) is 0 Å². The lowest BCUT2D eigenvalue weighted by Crippen LogP contribution is -2.56. The Morgan fingerprint density at radius 3 is 1.93 bits per heavy atom. The Bertz CT molecular complexity index is 199. The van der Waals surface area contributed by atoms with E-state index in [9.17, 15) is 0 Å². The second-order valence-electron chi connectivity index (χ2n) is 6.04. The van der Waals surface area contributed by atoms with E-state index in [1.165, 1.54) is 32.5 Å². The molecular weight excluding hydrogens is 184 g/mol.